The number of carbonyl (C=O) groups excluding carboxylic acids is 2. The summed E-state index contributed by atoms with van der Waals surface area (Å²) in [6, 6.07) is 11.5. The molecule has 8 rings (SSSR count). The van der Waals surface area contributed by atoms with E-state index >= 15 is 0 Å². The zero-order chi connectivity index (χ0) is 36.4. The molecular formula is C38H40Cl2N8O4. The fourth-order valence-corrected chi connectivity index (χ4v) is 8.95. The largest absolute Gasteiger partial charge is 0.480 e. The fraction of sp³-hybridized carbons (Fsp3) is 0.421. The molecule has 0 aliphatic carbocycles. The van der Waals surface area contributed by atoms with Crippen molar-refractivity contribution in [3.63, 3.8) is 0 Å². The molecular weight excluding hydrogens is 703 g/mol. The number of aromatic nitrogens is 4. The first kappa shape index (κ1) is 34.7. The number of amides is 2. The van der Waals surface area contributed by atoms with E-state index < -0.39 is 0 Å². The van der Waals surface area contributed by atoms with Crippen molar-refractivity contribution in [1.82, 2.24) is 39.5 Å². The Kier molecular flexibility index (Phi) is 8.84. The maximum Gasteiger partial charge on any atom is 0.237 e. The van der Waals surface area contributed by atoms with Crippen LogP contribution in [-0.4, -0.2) is 118 Å². The second-order valence-corrected chi connectivity index (χ2v) is 15.6. The lowest BCUT2D eigenvalue weighted by molar-refractivity contribution is -0.158. The Balaban J connectivity index is 0.982. The average molecular weight is 744 g/mol. The molecule has 2 aromatic heterocycles. The minimum Gasteiger partial charge on any atom is -0.480 e. The molecule has 2 aromatic carbocycles. The molecule has 4 aromatic rings. The summed E-state index contributed by atoms with van der Waals surface area (Å²) in [7, 11) is 3.19. The van der Waals surface area contributed by atoms with Crippen molar-refractivity contribution in [3.8, 4) is 45.4 Å². The van der Waals surface area contributed by atoms with Crippen molar-refractivity contribution in [1.29, 1.82) is 0 Å². The zero-order valence-electron chi connectivity index (χ0n) is 29.7. The molecule has 0 bridgehead atoms. The predicted octanol–water partition coefficient (Wildman–Crippen LogP) is 4.92. The SMILES string of the molecule is COc1nc(-c2cccc(-c3cccc(-c4cnc(CN5CC6(C5)CN(C(C)=O)C6)c(OC)n4)c3Cl)c2Cl)cnc1CN1CC2(C1)CN(C(C)=O)C2. The summed E-state index contributed by atoms with van der Waals surface area (Å²) in [6.45, 7) is 11.4. The molecule has 270 valence electrons. The van der Waals surface area contributed by atoms with E-state index in [9.17, 15) is 9.59 Å². The van der Waals surface area contributed by atoms with Gasteiger partial charge in [-0.2, -0.15) is 0 Å². The van der Waals surface area contributed by atoms with Crippen molar-refractivity contribution < 1.29 is 19.1 Å². The van der Waals surface area contributed by atoms with Crippen LogP contribution in [0.4, 0.5) is 0 Å². The summed E-state index contributed by atoms with van der Waals surface area (Å²) in [5.74, 6) is 1.17. The highest BCUT2D eigenvalue weighted by molar-refractivity contribution is 6.39. The van der Waals surface area contributed by atoms with Crippen molar-refractivity contribution in [2.45, 2.75) is 26.9 Å². The summed E-state index contributed by atoms with van der Waals surface area (Å²) in [4.78, 5) is 50.8. The highest BCUT2D eigenvalue weighted by atomic mass is 35.5. The Morgan fingerprint density at radius 1 is 0.635 bits per heavy atom. The van der Waals surface area contributed by atoms with E-state index in [2.05, 4.69) is 9.80 Å². The molecule has 4 aliphatic rings. The summed E-state index contributed by atoms with van der Waals surface area (Å²) in [5, 5.41) is 0.971. The molecule has 14 heteroatoms. The minimum atomic E-state index is 0.135. The molecule has 0 saturated carbocycles. The predicted molar refractivity (Wildman–Crippen MR) is 197 cm³/mol. The number of likely N-dealkylation sites (tertiary alicyclic amines) is 4. The molecule has 2 spiro atoms. The molecule has 52 heavy (non-hydrogen) atoms. The first-order chi connectivity index (χ1) is 25.0. The maximum atomic E-state index is 11.6. The Labute approximate surface area is 312 Å². The Morgan fingerprint density at radius 2 is 1.00 bits per heavy atom. The van der Waals surface area contributed by atoms with Gasteiger partial charge in [-0.3, -0.25) is 29.4 Å². The van der Waals surface area contributed by atoms with E-state index in [1.807, 2.05) is 46.2 Å². The van der Waals surface area contributed by atoms with Crippen LogP contribution in [-0.2, 0) is 22.7 Å². The van der Waals surface area contributed by atoms with Gasteiger partial charge >= 0.3 is 0 Å². The van der Waals surface area contributed by atoms with Gasteiger partial charge in [0.05, 0.1) is 48.0 Å². The van der Waals surface area contributed by atoms with E-state index in [0.29, 0.717) is 57.4 Å². The quantitative estimate of drug-likeness (QED) is 0.234. The molecule has 6 heterocycles. The highest BCUT2D eigenvalue weighted by Crippen LogP contribution is 2.44. The molecule has 12 nitrogen and oxygen atoms in total. The summed E-state index contributed by atoms with van der Waals surface area (Å²) in [5.41, 5.74) is 5.97. The van der Waals surface area contributed by atoms with E-state index in [1.165, 1.54) is 0 Å². The number of nitrogens with zero attached hydrogens (tertiary/aromatic N) is 8. The average Bonchev–Trinajstić information content (AvgIpc) is 3.06. The number of hydrogen-bond acceptors (Lipinski definition) is 10. The van der Waals surface area contributed by atoms with Crippen molar-refractivity contribution in [3.05, 3.63) is 70.2 Å². The lowest BCUT2D eigenvalue weighted by atomic mass is 9.72. The summed E-state index contributed by atoms with van der Waals surface area (Å²) >= 11 is 14.2. The number of ether oxygens (including phenoxy) is 2. The maximum absolute atomic E-state index is 11.6. The van der Waals surface area contributed by atoms with Gasteiger partial charge in [-0.1, -0.05) is 59.6 Å². The third-order valence-electron chi connectivity index (χ3n) is 10.8. The monoisotopic (exact) mass is 742 g/mol. The van der Waals surface area contributed by atoms with Gasteiger partial charge in [-0.25, -0.2) is 9.97 Å². The molecule has 4 aliphatic heterocycles. The van der Waals surface area contributed by atoms with Crippen LogP contribution in [0.15, 0.2) is 48.8 Å². The van der Waals surface area contributed by atoms with E-state index in [1.54, 1.807) is 40.5 Å². The number of benzene rings is 2. The third-order valence-corrected chi connectivity index (χ3v) is 11.6. The van der Waals surface area contributed by atoms with Gasteiger partial charge in [0.15, 0.2) is 0 Å². The third kappa shape index (κ3) is 6.15. The van der Waals surface area contributed by atoms with Crippen molar-refractivity contribution in [2.24, 2.45) is 10.8 Å². The van der Waals surface area contributed by atoms with E-state index in [-0.39, 0.29) is 22.6 Å². The number of rotatable bonds is 9. The lowest BCUT2D eigenvalue weighted by Gasteiger charge is -2.60. The number of carbonyl (C=O) groups is 2. The molecule has 0 unspecified atom stereocenters. The molecule has 0 radical (unpaired) electrons. The summed E-state index contributed by atoms with van der Waals surface area (Å²) < 4.78 is 11.4. The zero-order valence-corrected chi connectivity index (χ0v) is 31.2. The van der Waals surface area contributed by atoms with E-state index in [0.717, 1.165) is 74.9 Å². The van der Waals surface area contributed by atoms with Crippen molar-refractivity contribution in [2.75, 3.05) is 66.6 Å². The van der Waals surface area contributed by atoms with Gasteiger partial charge in [0.2, 0.25) is 23.6 Å². The standard InChI is InChI=1S/C38H40Cl2N8O4/c1-23(49)47-19-37(20-47)15-45(16-37)13-31-35(51-3)43-29(11-41-31)27-9-5-7-25(33(27)39)26-8-6-10-28(34(26)40)30-12-42-32(36(44-30)52-4)14-46-17-38(18-46)21-48(22-38)24(2)50/h5-12H,13-22H2,1-4H3. The van der Waals surface area contributed by atoms with Crippen LogP contribution in [0.5, 0.6) is 11.8 Å². The van der Waals surface area contributed by atoms with Gasteiger partial charge in [0.25, 0.3) is 0 Å². The van der Waals surface area contributed by atoms with Crippen LogP contribution in [0.3, 0.4) is 0 Å². The molecule has 0 atom stereocenters. The van der Waals surface area contributed by atoms with Crippen LogP contribution >= 0.6 is 23.2 Å². The topological polar surface area (TPSA) is 117 Å². The molecule has 4 fully saturated rings. The van der Waals surface area contributed by atoms with Crippen LogP contribution < -0.4 is 9.47 Å². The first-order valence-electron chi connectivity index (χ1n) is 17.3. The number of halogens is 2. The Morgan fingerprint density at radius 3 is 1.35 bits per heavy atom. The number of methoxy groups -OCH3 is 2. The van der Waals surface area contributed by atoms with Gasteiger partial charge in [0.1, 0.15) is 11.4 Å². The normalized spacial score (nSPS) is 18.7. The molecule has 2 amide bonds. The van der Waals surface area contributed by atoms with Gasteiger partial charge < -0.3 is 19.3 Å². The Hall–Kier alpha value is -4.36. The Bertz CT molecular complexity index is 1920. The van der Waals surface area contributed by atoms with Gasteiger partial charge in [-0.15, -0.1) is 0 Å². The van der Waals surface area contributed by atoms with Gasteiger partial charge in [0, 0.05) is 112 Å². The first-order valence-corrected chi connectivity index (χ1v) is 18.1. The minimum absolute atomic E-state index is 0.135. The lowest BCUT2D eigenvalue weighted by Crippen LogP contribution is -2.72. The highest BCUT2D eigenvalue weighted by Gasteiger charge is 2.53. The molecule has 4 saturated heterocycles. The molecule has 0 N–H and O–H groups in total. The van der Waals surface area contributed by atoms with Crippen molar-refractivity contribution >= 4 is 35.0 Å². The van der Waals surface area contributed by atoms with Crippen LogP contribution in [0.1, 0.15) is 25.2 Å². The van der Waals surface area contributed by atoms with Gasteiger partial charge in [-0.05, 0) is 0 Å². The second kappa shape index (κ2) is 13.2. The number of hydrogen-bond donors (Lipinski definition) is 0. The summed E-state index contributed by atoms with van der Waals surface area (Å²) in [6.07, 6.45) is 3.46. The second-order valence-electron chi connectivity index (χ2n) is 14.8. The van der Waals surface area contributed by atoms with Crippen LogP contribution in [0.25, 0.3) is 33.6 Å². The fourth-order valence-electron chi connectivity index (χ4n) is 8.30. The van der Waals surface area contributed by atoms with Crippen LogP contribution in [0, 0.1) is 10.8 Å². The smallest absolute Gasteiger partial charge is 0.237 e. The van der Waals surface area contributed by atoms with Crippen LogP contribution in [0.2, 0.25) is 10.0 Å². The van der Waals surface area contributed by atoms with E-state index in [4.69, 9.17) is 52.6 Å².